The fraction of sp³-hybridized carbons (Fsp3) is 0.881. The molecule has 0 unspecified atom stereocenters. The molecular weight excluding hydrogens is 616 g/mol. The maximum Gasteiger partial charge on any atom is 0.174 e. The van der Waals surface area contributed by atoms with Gasteiger partial charge in [-0.15, -0.1) is 0 Å². The largest absolute Gasteiger partial charge is 0.394 e. The van der Waals surface area contributed by atoms with Gasteiger partial charge in [-0.2, -0.15) is 0 Å². The summed E-state index contributed by atoms with van der Waals surface area (Å²) in [6.45, 7) is 10.9. The van der Waals surface area contributed by atoms with Gasteiger partial charge in [0.2, 0.25) is 0 Å². The van der Waals surface area contributed by atoms with Crippen LogP contribution in [0.1, 0.15) is 130 Å². The van der Waals surface area contributed by atoms with E-state index in [9.17, 15) is 15.0 Å². The molecule has 0 aromatic heterocycles. The Labute approximate surface area is 295 Å². The zero-order valence-electron chi connectivity index (χ0n) is 30.9. The molecule has 0 aromatic rings. The molecule has 1 aliphatic heterocycles. The number of ether oxygens (including phenoxy) is 2. The number of hydrogen-bond acceptors (Lipinski definition) is 7. The number of hydrogen-bond donors (Lipinski definition) is 4. The Morgan fingerprint density at radius 1 is 0.633 bits per heavy atom. The van der Waals surface area contributed by atoms with Crippen LogP contribution in [-0.4, -0.2) is 70.6 Å². The summed E-state index contributed by atoms with van der Waals surface area (Å²) in [5.41, 5.74) is 3.89. The van der Waals surface area contributed by atoms with E-state index in [1.54, 1.807) is 5.57 Å². The van der Waals surface area contributed by atoms with Gasteiger partial charge in [-0.3, -0.25) is 4.79 Å². The Kier molecular flexibility index (Phi) is 9.92. The lowest BCUT2D eigenvalue weighted by atomic mass is 9.47. The van der Waals surface area contributed by atoms with Gasteiger partial charge < -0.3 is 29.9 Å². The molecule has 0 aromatic carbocycles. The predicted octanol–water partition coefficient (Wildman–Crippen LogP) is 6.90. The van der Waals surface area contributed by atoms with Crippen LogP contribution in [0.4, 0.5) is 0 Å². The molecule has 49 heavy (non-hydrogen) atoms. The highest BCUT2D eigenvalue weighted by molar-refractivity contribution is 5.87. The van der Waals surface area contributed by atoms with Gasteiger partial charge in [0.25, 0.3) is 0 Å². The molecule has 6 saturated carbocycles. The Morgan fingerprint density at radius 3 is 1.65 bits per heavy atom. The first-order valence-corrected chi connectivity index (χ1v) is 20.1. The Hall–Kier alpha value is -1.09. The molecule has 7 fully saturated rings. The van der Waals surface area contributed by atoms with Gasteiger partial charge in [0, 0.05) is 23.7 Å². The molecule has 0 bridgehead atoms. The third kappa shape index (κ3) is 5.69. The second kappa shape index (κ2) is 13.4. The fourth-order valence-corrected chi connectivity index (χ4v) is 13.9. The summed E-state index contributed by atoms with van der Waals surface area (Å²) in [7, 11) is 0. The third-order valence-corrected chi connectivity index (χ3v) is 16.8. The molecule has 1 spiro atoms. The second-order valence-electron chi connectivity index (χ2n) is 18.6. The van der Waals surface area contributed by atoms with Gasteiger partial charge >= 0.3 is 0 Å². The summed E-state index contributed by atoms with van der Waals surface area (Å²) in [5, 5.41) is 35.4. The minimum absolute atomic E-state index is 0.0168. The molecule has 1 saturated heterocycles. The topological polar surface area (TPSA) is 116 Å². The number of aliphatic hydroxyl groups excluding tert-OH is 4. The van der Waals surface area contributed by atoms with Crippen LogP contribution < -0.4 is 0 Å². The van der Waals surface area contributed by atoms with E-state index in [2.05, 4.69) is 39.8 Å². The number of allylic oxidation sites excluding steroid dienone is 2. The Morgan fingerprint density at radius 2 is 1.10 bits per heavy atom. The molecular formula is C42H66O7. The molecule has 9 rings (SSSR count). The standard InChI is InChI=1S/C21H32O3.C19H28O2.C2H6O2/c1-19-8-5-15(22)13-14(19)3-4-16-17(19)6-9-20(2)18(16)7-10-21(20)23-11-12-24-21;1-18-9-7-13(20)11-12(18)3-4-14-15-5-6-17(21)19(15,2)10-8-16(14)18;3-1-2-4/h3,15-18,22H,4-13H2,1-2H3;3,13-16,20H,4-11H2,1-2H3;3-4H,1-2H2/t15-,16+,17-,18-,19-,20-;13-,14-,15-,16-,18-,19-;/m00./s1. The number of carbonyl (C=O) groups is 1. The molecule has 4 N–H and O–H groups in total. The SMILES string of the molecule is C[C@]12CC[C@H](O)CC1=CC[C@@H]1[C@@H]2CC[C@@]2(C)[C@H]1CCC21OCCO1.C[C@]12CC[C@H](O)CC1=CC[C@@H]1[C@@H]2CC[C@]2(C)C(=O)CC[C@@H]12.OCCO. The van der Waals surface area contributed by atoms with Crippen LogP contribution in [-0.2, 0) is 14.3 Å². The van der Waals surface area contributed by atoms with Crippen LogP contribution in [0.25, 0.3) is 0 Å². The summed E-state index contributed by atoms with van der Waals surface area (Å²) in [6, 6.07) is 0. The van der Waals surface area contributed by atoms with Crippen molar-refractivity contribution in [3.05, 3.63) is 23.3 Å². The van der Waals surface area contributed by atoms with Gasteiger partial charge in [-0.1, -0.05) is 51.0 Å². The maximum atomic E-state index is 12.4. The summed E-state index contributed by atoms with van der Waals surface area (Å²) in [6.07, 6.45) is 22.3. The van der Waals surface area contributed by atoms with Gasteiger partial charge in [-0.25, -0.2) is 0 Å². The lowest BCUT2D eigenvalue weighted by Gasteiger charge is -2.58. The highest BCUT2D eigenvalue weighted by Crippen LogP contribution is 2.69. The van der Waals surface area contributed by atoms with E-state index in [0.717, 1.165) is 101 Å². The molecule has 0 radical (unpaired) electrons. The average Bonchev–Trinajstić information content (AvgIpc) is 3.78. The van der Waals surface area contributed by atoms with Crippen molar-refractivity contribution < 1.29 is 34.7 Å². The summed E-state index contributed by atoms with van der Waals surface area (Å²) in [5.74, 6) is 4.62. The number of fused-ring (bicyclic) bond motifs is 11. The number of ketones is 1. The third-order valence-electron chi connectivity index (χ3n) is 16.8. The van der Waals surface area contributed by atoms with Crippen LogP contribution >= 0.6 is 0 Å². The molecule has 9 aliphatic rings. The van der Waals surface area contributed by atoms with Crippen molar-refractivity contribution in [3.8, 4) is 0 Å². The molecule has 0 amide bonds. The van der Waals surface area contributed by atoms with E-state index in [4.69, 9.17) is 19.7 Å². The van der Waals surface area contributed by atoms with E-state index < -0.39 is 0 Å². The molecule has 12 atom stereocenters. The van der Waals surface area contributed by atoms with Crippen LogP contribution in [0.15, 0.2) is 23.3 Å². The van der Waals surface area contributed by atoms with Crippen molar-refractivity contribution in [2.45, 2.75) is 148 Å². The molecule has 7 heteroatoms. The van der Waals surface area contributed by atoms with Crippen molar-refractivity contribution in [1.82, 2.24) is 0 Å². The highest BCUT2D eigenvalue weighted by Gasteiger charge is 2.66. The predicted molar refractivity (Wildman–Crippen MR) is 189 cm³/mol. The van der Waals surface area contributed by atoms with E-state index in [-0.39, 0.29) is 42.0 Å². The number of rotatable bonds is 1. The van der Waals surface area contributed by atoms with Gasteiger partial charge in [0.15, 0.2) is 5.79 Å². The van der Waals surface area contributed by atoms with Crippen LogP contribution in [0, 0.1) is 57.2 Å². The number of carbonyl (C=O) groups excluding carboxylic acids is 1. The van der Waals surface area contributed by atoms with Crippen molar-refractivity contribution in [2.75, 3.05) is 26.4 Å². The number of Topliss-reactive ketones (excluding diaryl/α,β-unsaturated/α-hetero) is 1. The second-order valence-corrected chi connectivity index (χ2v) is 18.6. The summed E-state index contributed by atoms with van der Waals surface area (Å²) in [4.78, 5) is 12.4. The molecule has 8 aliphatic carbocycles. The van der Waals surface area contributed by atoms with E-state index in [1.165, 1.54) is 44.1 Å². The van der Waals surface area contributed by atoms with Gasteiger partial charge in [0.1, 0.15) is 5.78 Å². The molecule has 7 nitrogen and oxygen atoms in total. The van der Waals surface area contributed by atoms with Crippen molar-refractivity contribution >= 4 is 5.78 Å². The molecule has 1 heterocycles. The Bertz CT molecular complexity index is 1300. The van der Waals surface area contributed by atoms with E-state index in [0.29, 0.717) is 28.4 Å². The first kappa shape index (κ1) is 36.3. The lowest BCUT2D eigenvalue weighted by Crippen LogP contribution is -2.55. The van der Waals surface area contributed by atoms with Crippen LogP contribution in [0.3, 0.4) is 0 Å². The van der Waals surface area contributed by atoms with Gasteiger partial charge in [-0.05, 0) is 136 Å². The van der Waals surface area contributed by atoms with Crippen molar-refractivity contribution in [2.24, 2.45) is 57.2 Å². The van der Waals surface area contributed by atoms with Crippen LogP contribution in [0.5, 0.6) is 0 Å². The maximum absolute atomic E-state index is 12.4. The van der Waals surface area contributed by atoms with Gasteiger partial charge in [0.05, 0.1) is 38.6 Å². The first-order valence-electron chi connectivity index (χ1n) is 20.1. The summed E-state index contributed by atoms with van der Waals surface area (Å²) >= 11 is 0. The Balaban J connectivity index is 0.000000141. The molecule has 276 valence electrons. The lowest BCUT2D eigenvalue weighted by molar-refractivity contribution is -0.242. The zero-order chi connectivity index (χ0) is 34.8. The smallest absolute Gasteiger partial charge is 0.174 e. The van der Waals surface area contributed by atoms with Crippen molar-refractivity contribution in [1.29, 1.82) is 0 Å². The number of aliphatic hydroxyl groups is 4. The zero-order valence-corrected chi connectivity index (χ0v) is 30.9. The highest BCUT2D eigenvalue weighted by atomic mass is 16.7. The summed E-state index contributed by atoms with van der Waals surface area (Å²) < 4.78 is 12.5. The van der Waals surface area contributed by atoms with Crippen molar-refractivity contribution in [3.63, 3.8) is 0 Å². The first-order chi connectivity index (χ1) is 23.3. The quantitative estimate of drug-likeness (QED) is 0.222. The normalized spacial score (nSPS) is 48.9. The fourth-order valence-electron chi connectivity index (χ4n) is 13.9. The van der Waals surface area contributed by atoms with E-state index >= 15 is 0 Å². The monoisotopic (exact) mass is 682 g/mol. The average molecular weight is 683 g/mol. The van der Waals surface area contributed by atoms with E-state index in [1.807, 2.05) is 0 Å². The minimum Gasteiger partial charge on any atom is -0.394 e. The minimum atomic E-state index is -0.281. The van der Waals surface area contributed by atoms with Crippen LogP contribution in [0.2, 0.25) is 0 Å².